The number of hydrogen-bond donors (Lipinski definition) is 4. The van der Waals surface area contributed by atoms with Gasteiger partial charge in [0.2, 0.25) is 0 Å². The maximum atomic E-state index is 9.35. The van der Waals surface area contributed by atoms with Crippen molar-refractivity contribution in [2.24, 2.45) is 11.5 Å². The maximum Gasteiger partial charge on any atom is 0.138 e. The highest BCUT2D eigenvalue weighted by molar-refractivity contribution is 5.30. The van der Waals surface area contributed by atoms with E-state index in [1.54, 1.807) is 0 Å². The highest BCUT2D eigenvalue weighted by Crippen LogP contribution is 2.19. The van der Waals surface area contributed by atoms with Crippen LogP contribution in [0.3, 0.4) is 0 Å². The molecule has 0 aliphatic carbocycles. The van der Waals surface area contributed by atoms with Gasteiger partial charge in [-0.2, -0.15) is 0 Å². The van der Waals surface area contributed by atoms with Gasteiger partial charge in [0.15, 0.2) is 0 Å². The van der Waals surface area contributed by atoms with Crippen molar-refractivity contribution in [2.45, 2.75) is 12.6 Å². The van der Waals surface area contributed by atoms with Gasteiger partial charge in [-0.3, -0.25) is 0 Å². The molecule has 5 nitrogen and oxygen atoms in total. The van der Waals surface area contributed by atoms with Crippen molar-refractivity contribution in [3.05, 3.63) is 23.5 Å². The van der Waals surface area contributed by atoms with Gasteiger partial charge in [0.25, 0.3) is 0 Å². The molecule has 0 aromatic carbocycles. The van der Waals surface area contributed by atoms with E-state index in [1.165, 1.54) is 12.1 Å². The number of aromatic hydroxyl groups is 1. The summed E-state index contributed by atoms with van der Waals surface area (Å²) in [7, 11) is 0. The molecule has 0 amide bonds. The van der Waals surface area contributed by atoms with E-state index in [-0.39, 0.29) is 18.9 Å². The van der Waals surface area contributed by atoms with E-state index >= 15 is 0 Å². The van der Waals surface area contributed by atoms with Crippen molar-refractivity contribution in [1.29, 1.82) is 0 Å². The second kappa shape index (κ2) is 4.18. The minimum absolute atomic E-state index is 0.00940. The standard InChI is InChI=1S/C8H13N3O2/c9-3-6(10)8-7(13)2-1-5(4-12)11-8/h1-2,6,12-13H,3-4,9-10H2/t6-/m1/s1. The molecule has 0 fully saturated rings. The Morgan fingerprint density at radius 2 is 2.15 bits per heavy atom. The number of nitrogens with zero attached hydrogens (tertiary/aromatic N) is 1. The van der Waals surface area contributed by atoms with Crippen LogP contribution in [0.15, 0.2) is 12.1 Å². The number of hydrogen-bond acceptors (Lipinski definition) is 5. The fraction of sp³-hybridized carbons (Fsp3) is 0.375. The summed E-state index contributed by atoms with van der Waals surface area (Å²) in [5, 5.41) is 18.1. The van der Waals surface area contributed by atoms with Crippen molar-refractivity contribution < 1.29 is 10.2 Å². The molecular weight excluding hydrogens is 170 g/mol. The minimum atomic E-state index is -0.494. The van der Waals surface area contributed by atoms with Crippen LogP contribution in [0.2, 0.25) is 0 Å². The zero-order valence-electron chi connectivity index (χ0n) is 7.14. The quantitative estimate of drug-likeness (QED) is 0.493. The summed E-state index contributed by atoms with van der Waals surface area (Å²) in [6.07, 6.45) is 0. The molecule has 1 atom stereocenters. The number of aliphatic hydroxyl groups is 1. The maximum absolute atomic E-state index is 9.35. The van der Waals surface area contributed by atoms with Crippen LogP contribution in [-0.4, -0.2) is 21.7 Å². The molecule has 1 aromatic rings. The average molecular weight is 183 g/mol. The van der Waals surface area contributed by atoms with Gasteiger partial charge in [-0.25, -0.2) is 4.98 Å². The van der Waals surface area contributed by atoms with Gasteiger partial charge >= 0.3 is 0 Å². The molecule has 0 aliphatic heterocycles. The third-order valence-electron chi connectivity index (χ3n) is 1.73. The number of nitrogens with two attached hydrogens (primary N) is 2. The topological polar surface area (TPSA) is 105 Å². The summed E-state index contributed by atoms with van der Waals surface area (Å²) >= 11 is 0. The molecule has 0 saturated heterocycles. The average Bonchev–Trinajstić information content (AvgIpc) is 2.17. The summed E-state index contributed by atoms with van der Waals surface area (Å²) in [4.78, 5) is 3.96. The first-order valence-corrected chi connectivity index (χ1v) is 3.94. The zero-order chi connectivity index (χ0) is 9.84. The Hall–Kier alpha value is -1.17. The van der Waals surface area contributed by atoms with Crippen LogP contribution < -0.4 is 11.5 Å². The van der Waals surface area contributed by atoms with Gasteiger partial charge in [0.1, 0.15) is 11.4 Å². The lowest BCUT2D eigenvalue weighted by Gasteiger charge is -2.10. The molecule has 0 bridgehead atoms. The Morgan fingerprint density at radius 1 is 1.46 bits per heavy atom. The van der Waals surface area contributed by atoms with Gasteiger partial charge in [-0.15, -0.1) is 0 Å². The van der Waals surface area contributed by atoms with Gasteiger partial charge in [0.05, 0.1) is 18.3 Å². The van der Waals surface area contributed by atoms with Crippen LogP contribution in [0.1, 0.15) is 17.4 Å². The van der Waals surface area contributed by atoms with Crippen LogP contribution >= 0.6 is 0 Å². The summed E-state index contributed by atoms with van der Waals surface area (Å²) in [5.74, 6) is 0.00940. The third-order valence-corrected chi connectivity index (χ3v) is 1.73. The Morgan fingerprint density at radius 3 is 2.69 bits per heavy atom. The summed E-state index contributed by atoms with van der Waals surface area (Å²) in [5.41, 5.74) is 11.7. The van der Waals surface area contributed by atoms with E-state index in [0.717, 1.165) is 0 Å². The predicted octanol–water partition coefficient (Wildman–Crippen LogP) is -0.762. The number of pyridine rings is 1. The molecule has 0 spiro atoms. The smallest absolute Gasteiger partial charge is 0.138 e. The Kier molecular flexibility index (Phi) is 3.18. The van der Waals surface area contributed by atoms with Crippen molar-refractivity contribution in [3.63, 3.8) is 0 Å². The summed E-state index contributed by atoms with van der Waals surface area (Å²) in [6.45, 7) is 0.0278. The Bertz CT molecular complexity index is 291. The SMILES string of the molecule is NC[C@@H](N)c1nc(CO)ccc1O. The lowest BCUT2D eigenvalue weighted by Crippen LogP contribution is -2.22. The van der Waals surface area contributed by atoms with Crippen molar-refractivity contribution in [2.75, 3.05) is 6.54 Å². The lowest BCUT2D eigenvalue weighted by molar-refractivity contribution is 0.276. The molecule has 1 heterocycles. The fourth-order valence-electron chi connectivity index (χ4n) is 0.982. The van der Waals surface area contributed by atoms with Crippen LogP contribution in [-0.2, 0) is 6.61 Å². The van der Waals surface area contributed by atoms with Crippen LogP contribution in [0.25, 0.3) is 0 Å². The normalized spacial score (nSPS) is 12.8. The minimum Gasteiger partial charge on any atom is -0.506 e. The van der Waals surface area contributed by atoms with E-state index in [0.29, 0.717) is 11.4 Å². The van der Waals surface area contributed by atoms with Crippen molar-refractivity contribution in [3.8, 4) is 5.75 Å². The predicted molar refractivity (Wildman–Crippen MR) is 47.8 cm³/mol. The molecule has 1 aromatic heterocycles. The second-order valence-electron chi connectivity index (χ2n) is 2.71. The van der Waals surface area contributed by atoms with Crippen LogP contribution in [0.5, 0.6) is 5.75 Å². The van der Waals surface area contributed by atoms with Gasteiger partial charge in [-0.05, 0) is 12.1 Å². The van der Waals surface area contributed by atoms with E-state index in [1.807, 2.05) is 0 Å². The molecule has 0 radical (unpaired) electrons. The molecule has 72 valence electrons. The monoisotopic (exact) mass is 183 g/mol. The largest absolute Gasteiger partial charge is 0.506 e. The van der Waals surface area contributed by atoms with E-state index in [2.05, 4.69) is 4.98 Å². The Labute approximate surface area is 76.0 Å². The number of aromatic nitrogens is 1. The zero-order valence-corrected chi connectivity index (χ0v) is 7.14. The van der Waals surface area contributed by atoms with Gasteiger partial charge < -0.3 is 21.7 Å². The first-order chi connectivity index (χ1) is 6.19. The number of rotatable bonds is 3. The second-order valence-corrected chi connectivity index (χ2v) is 2.71. The number of aliphatic hydroxyl groups excluding tert-OH is 1. The molecule has 0 unspecified atom stereocenters. The molecule has 0 aliphatic rings. The van der Waals surface area contributed by atoms with Gasteiger partial charge in [0, 0.05) is 6.54 Å². The molecule has 0 saturated carbocycles. The highest BCUT2D eigenvalue weighted by atomic mass is 16.3. The van der Waals surface area contributed by atoms with Gasteiger partial charge in [-0.1, -0.05) is 0 Å². The van der Waals surface area contributed by atoms with Crippen LogP contribution in [0, 0.1) is 0 Å². The molecule has 5 heteroatoms. The highest BCUT2D eigenvalue weighted by Gasteiger charge is 2.11. The third kappa shape index (κ3) is 2.15. The molecule has 6 N–H and O–H groups in total. The summed E-state index contributed by atoms with van der Waals surface area (Å²) in [6, 6.07) is 2.48. The molecule has 1 rings (SSSR count). The van der Waals surface area contributed by atoms with Crippen LogP contribution in [0.4, 0.5) is 0 Å². The van der Waals surface area contributed by atoms with Crippen molar-refractivity contribution in [1.82, 2.24) is 4.98 Å². The lowest BCUT2D eigenvalue weighted by atomic mass is 10.1. The fourth-order valence-corrected chi connectivity index (χ4v) is 0.982. The Balaban J connectivity index is 3.03. The first-order valence-electron chi connectivity index (χ1n) is 3.94. The van der Waals surface area contributed by atoms with E-state index in [4.69, 9.17) is 16.6 Å². The van der Waals surface area contributed by atoms with Crippen molar-refractivity contribution >= 4 is 0 Å². The van der Waals surface area contributed by atoms with E-state index < -0.39 is 6.04 Å². The molecular formula is C8H13N3O2. The van der Waals surface area contributed by atoms with E-state index in [9.17, 15) is 5.11 Å². The first kappa shape index (κ1) is 9.91. The summed E-state index contributed by atoms with van der Waals surface area (Å²) < 4.78 is 0. The molecule has 13 heavy (non-hydrogen) atoms.